The lowest BCUT2D eigenvalue weighted by Crippen LogP contribution is -2.45. The van der Waals surface area contributed by atoms with Gasteiger partial charge in [-0.05, 0) is 20.0 Å². The zero-order valence-electron chi connectivity index (χ0n) is 11.3. The SMILES string of the molecule is CC(C)C(CN(C)C)NC(=O)c1cncc(N)n1. The fourth-order valence-electron chi connectivity index (χ4n) is 1.55. The summed E-state index contributed by atoms with van der Waals surface area (Å²) in [7, 11) is 3.95. The lowest BCUT2D eigenvalue weighted by atomic mass is 10.0. The molecule has 100 valence electrons. The van der Waals surface area contributed by atoms with Crippen molar-refractivity contribution in [2.75, 3.05) is 26.4 Å². The van der Waals surface area contributed by atoms with Crippen LogP contribution < -0.4 is 11.1 Å². The van der Waals surface area contributed by atoms with E-state index in [0.717, 1.165) is 6.54 Å². The maximum absolute atomic E-state index is 12.0. The summed E-state index contributed by atoms with van der Waals surface area (Å²) in [6.45, 7) is 4.91. The van der Waals surface area contributed by atoms with E-state index in [1.807, 2.05) is 19.0 Å². The van der Waals surface area contributed by atoms with E-state index in [2.05, 4.69) is 29.1 Å². The monoisotopic (exact) mass is 251 g/mol. The van der Waals surface area contributed by atoms with Gasteiger partial charge in [-0.25, -0.2) is 4.98 Å². The van der Waals surface area contributed by atoms with E-state index in [1.54, 1.807) is 0 Å². The summed E-state index contributed by atoms with van der Waals surface area (Å²) in [5.41, 5.74) is 5.76. The molecule has 0 fully saturated rings. The van der Waals surface area contributed by atoms with Gasteiger partial charge in [-0.2, -0.15) is 0 Å². The van der Waals surface area contributed by atoms with E-state index in [-0.39, 0.29) is 23.5 Å². The van der Waals surface area contributed by atoms with Crippen LogP contribution in [0.3, 0.4) is 0 Å². The van der Waals surface area contributed by atoms with E-state index in [1.165, 1.54) is 12.4 Å². The molecular weight excluding hydrogens is 230 g/mol. The number of aromatic nitrogens is 2. The number of rotatable bonds is 5. The van der Waals surface area contributed by atoms with Gasteiger partial charge in [0.25, 0.3) is 5.91 Å². The first-order valence-electron chi connectivity index (χ1n) is 5.93. The summed E-state index contributed by atoms with van der Waals surface area (Å²) < 4.78 is 0. The molecule has 0 saturated heterocycles. The van der Waals surface area contributed by atoms with E-state index in [0.29, 0.717) is 5.92 Å². The van der Waals surface area contributed by atoms with Crippen LogP contribution in [0.2, 0.25) is 0 Å². The average Bonchev–Trinajstić information content (AvgIpc) is 2.27. The third-order valence-electron chi connectivity index (χ3n) is 2.57. The van der Waals surface area contributed by atoms with Crippen LogP contribution in [0.15, 0.2) is 12.4 Å². The highest BCUT2D eigenvalue weighted by atomic mass is 16.2. The minimum Gasteiger partial charge on any atom is -0.382 e. The summed E-state index contributed by atoms with van der Waals surface area (Å²) in [6.07, 6.45) is 2.83. The molecule has 0 aliphatic carbocycles. The Labute approximate surface area is 108 Å². The molecule has 0 spiro atoms. The summed E-state index contributed by atoms with van der Waals surface area (Å²) in [6, 6.07) is 0.0655. The van der Waals surface area contributed by atoms with Gasteiger partial charge in [0.1, 0.15) is 11.5 Å². The van der Waals surface area contributed by atoms with Gasteiger partial charge in [0.15, 0.2) is 0 Å². The largest absolute Gasteiger partial charge is 0.382 e. The molecule has 1 aromatic rings. The van der Waals surface area contributed by atoms with Gasteiger partial charge < -0.3 is 16.0 Å². The van der Waals surface area contributed by atoms with Crippen molar-refractivity contribution < 1.29 is 4.79 Å². The second-order valence-corrected chi connectivity index (χ2v) is 4.92. The smallest absolute Gasteiger partial charge is 0.271 e. The van der Waals surface area contributed by atoms with Crippen LogP contribution in [-0.4, -0.2) is 47.5 Å². The van der Waals surface area contributed by atoms with Crippen molar-refractivity contribution in [3.05, 3.63) is 18.1 Å². The highest BCUT2D eigenvalue weighted by Crippen LogP contribution is 2.05. The van der Waals surface area contributed by atoms with Crippen molar-refractivity contribution in [2.45, 2.75) is 19.9 Å². The van der Waals surface area contributed by atoms with Gasteiger partial charge in [0, 0.05) is 12.6 Å². The van der Waals surface area contributed by atoms with Crippen molar-refractivity contribution in [2.24, 2.45) is 5.92 Å². The summed E-state index contributed by atoms with van der Waals surface area (Å²) in [5, 5.41) is 2.95. The number of amides is 1. The number of nitrogens with two attached hydrogens (primary N) is 1. The number of likely N-dealkylation sites (N-methyl/N-ethyl adjacent to an activating group) is 1. The molecule has 6 nitrogen and oxygen atoms in total. The molecule has 1 atom stereocenters. The lowest BCUT2D eigenvalue weighted by Gasteiger charge is -2.25. The maximum atomic E-state index is 12.0. The van der Waals surface area contributed by atoms with Crippen LogP contribution in [-0.2, 0) is 0 Å². The molecule has 3 N–H and O–H groups in total. The summed E-state index contributed by atoms with van der Waals surface area (Å²) in [5.74, 6) is 0.345. The predicted octanol–water partition coefficient (Wildman–Crippen LogP) is 0.375. The molecule has 0 saturated carbocycles. The number of anilines is 1. The zero-order valence-corrected chi connectivity index (χ0v) is 11.3. The third kappa shape index (κ3) is 4.29. The number of carbonyl (C=O) groups excluding carboxylic acids is 1. The molecule has 0 radical (unpaired) electrons. The van der Waals surface area contributed by atoms with E-state index < -0.39 is 0 Å². The number of hydrogen-bond acceptors (Lipinski definition) is 5. The van der Waals surface area contributed by atoms with Crippen LogP contribution in [0.5, 0.6) is 0 Å². The van der Waals surface area contributed by atoms with Gasteiger partial charge in [0.05, 0.1) is 12.4 Å². The lowest BCUT2D eigenvalue weighted by molar-refractivity contribution is 0.0911. The molecule has 0 aromatic carbocycles. The summed E-state index contributed by atoms with van der Waals surface area (Å²) >= 11 is 0. The van der Waals surface area contributed by atoms with Crippen molar-refractivity contribution in [3.8, 4) is 0 Å². The van der Waals surface area contributed by atoms with E-state index in [4.69, 9.17) is 5.73 Å². The average molecular weight is 251 g/mol. The van der Waals surface area contributed by atoms with Gasteiger partial charge in [-0.15, -0.1) is 0 Å². The standard InChI is InChI=1S/C12H21N5O/c1-8(2)10(7-17(3)4)16-12(18)9-5-14-6-11(13)15-9/h5-6,8,10H,7H2,1-4H3,(H2,13,15)(H,16,18). The zero-order chi connectivity index (χ0) is 13.7. The van der Waals surface area contributed by atoms with Gasteiger partial charge in [0.2, 0.25) is 0 Å². The van der Waals surface area contributed by atoms with Crippen LogP contribution in [0.4, 0.5) is 5.82 Å². The Balaban J connectivity index is 2.72. The molecule has 0 aliphatic heterocycles. The fraction of sp³-hybridized carbons (Fsp3) is 0.583. The quantitative estimate of drug-likeness (QED) is 0.790. The van der Waals surface area contributed by atoms with Gasteiger partial charge in [-0.1, -0.05) is 13.8 Å². The Bertz CT molecular complexity index is 405. The first kappa shape index (κ1) is 14.4. The molecular formula is C12H21N5O. The van der Waals surface area contributed by atoms with Crippen LogP contribution in [0, 0.1) is 5.92 Å². The highest BCUT2D eigenvalue weighted by Gasteiger charge is 2.18. The molecule has 18 heavy (non-hydrogen) atoms. The molecule has 1 aromatic heterocycles. The Kier molecular flexibility index (Phi) is 5.03. The molecule has 1 heterocycles. The predicted molar refractivity (Wildman–Crippen MR) is 71.1 cm³/mol. The molecule has 6 heteroatoms. The van der Waals surface area contributed by atoms with Crippen molar-refractivity contribution in [1.82, 2.24) is 20.2 Å². The topological polar surface area (TPSA) is 84.1 Å². The number of carbonyl (C=O) groups is 1. The van der Waals surface area contributed by atoms with E-state index in [9.17, 15) is 4.79 Å². The highest BCUT2D eigenvalue weighted by molar-refractivity contribution is 5.92. The number of nitrogens with zero attached hydrogens (tertiary/aromatic N) is 3. The molecule has 1 rings (SSSR count). The molecule has 0 bridgehead atoms. The molecule has 0 aliphatic rings. The molecule has 1 amide bonds. The van der Waals surface area contributed by atoms with Gasteiger partial charge in [-0.3, -0.25) is 9.78 Å². The normalized spacial score (nSPS) is 12.8. The fourth-order valence-corrected chi connectivity index (χ4v) is 1.55. The first-order valence-corrected chi connectivity index (χ1v) is 5.93. The Morgan fingerprint density at radius 1 is 1.44 bits per heavy atom. The van der Waals surface area contributed by atoms with Crippen molar-refractivity contribution in [3.63, 3.8) is 0 Å². The van der Waals surface area contributed by atoms with Crippen LogP contribution in [0.25, 0.3) is 0 Å². The van der Waals surface area contributed by atoms with Crippen LogP contribution in [0.1, 0.15) is 24.3 Å². The number of hydrogen-bond donors (Lipinski definition) is 2. The Hall–Kier alpha value is -1.69. The minimum atomic E-state index is -0.240. The summed E-state index contributed by atoms with van der Waals surface area (Å²) in [4.78, 5) is 21.9. The number of nitrogens with one attached hydrogen (secondary N) is 1. The van der Waals surface area contributed by atoms with Crippen LogP contribution >= 0.6 is 0 Å². The molecule has 1 unspecified atom stereocenters. The second kappa shape index (κ2) is 6.30. The van der Waals surface area contributed by atoms with Crippen molar-refractivity contribution in [1.29, 1.82) is 0 Å². The third-order valence-corrected chi connectivity index (χ3v) is 2.57. The Morgan fingerprint density at radius 2 is 2.11 bits per heavy atom. The maximum Gasteiger partial charge on any atom is 0.271 e. The second-order valence-electron chi connectivity index (χ2n) is 4.92. The Morgan fingerprint density at radius 3 is 2.61 bits per heavy atom. The van der Waals surface area contributed by atoms with Gasteiger partial charge >= 0.3 is 0 Å². The number of nitrogen functional groups attached to an aromatic ring is 1. The van der Waals surface area contributed by atoms with Crippen molar-refractivity contribution >= 4 is 11.7 Å². The first-order chi connectivity index (χ1) is 8.40. The van der Waals surface area contributed by atoms with E-state index >= 15 is 0 Å². The minimum absolute atomic E-state index is 0.0655.